The fourth-order valence-corrected chi connectivity index (χ4v) is 3.78. The van der Waals surface area contributed by atoms with E-state index in [0.717, 1.165) is 16.3 Å². The Labute approximate surface area is 202 Å². The summed E-state index contributed by atoms with van der Waals surface area (Å²) in [6.45, 7) is 1.75. The van der Waals surface area contributed by atoms with Crippen LogP contribution in [0.5, 0.6) is 0 Å². The molecule has 0 saturated carbocycles. The summed E-state index contributed by atoms with van der Waals surface area (Å²) in [6, 6.07) is 17.5. The van der Waals surface area contributed by atoms with E-state index in [1.54, 1.807) is 53.0 Å². The molecule has 0 spiro atoms. The molecule has 0 aliphatic carbocycles. The normalized spacial score (nSPS) is 11.0. The number of fused-ring (bicyclic) bond motifs is 1. The van der Waals surface area contributed by atoms with Crippen molar-refractivity contribution < 1.29 is 4.79 Å². The Balaban J connectivity index is 1.37. The van der Waals surface area contributed by atoms with Crippen LogP contribution >= 0.6 is 11.6 Å². The van der Waals surface area contributed by atoms with Crippen molar-refractivity contribution in [2.75, 3.05) is 5.32 Å². The third kappa shape index (κ3) is 4.34. The summed E-state index contributed by atoms with van der Waals surface area (Å²) < 4.78 is 2.59. The van der Waals surface area contributed by atoms with Gasteiger partial charge in [-0.3, -0.25) is 14.2 Å². The molecule has 174 valence electrons. The number of hydrogen-bond donors (Lipinski definition) is 2. The predicted molar refractivity (Wildman–Crippen MR) is 131 cm³/mol. The van der Waals surface area contributed by atoms with Gasteiger partial charge in [0.15, 0.2) is 11.5 Å². The van der Waals surface area contributed by atoms with Gasteiger partial charge in [0.25, 0.3) is 11.5 Å². The zero-order valence-electron chi connectivity index (χ0n) is 18.4. The van der Waals surface area contributed by atoms with Crippen LogP contribution in [0.25, 0.3) is 16.9 Å². The quantitative estimate of drug-likeness (QED) is 0.392. The van der Waals surface area contributed by atoms with E-state index in [1.807, 2.05) is 19.1 Å². The van der Waals surface area contributed by atoms with Crippen LogP contribution in [-0.4, -0.2) is 35.3 Å². The van der Waals surface area contributed by atoms with Gasteiger partial charge in [-0.1, -0.05) is 41.9 Å². The molecule has 5 rings (SSSR count). The summed E-state index contributed by atoms with van der Waals surface area (Å²) in [4.78, 5) is 40.4. The Hall–Kier alpha value is -4.57. The van der Waals surface area contributed by atoms with E-state index in [2.05, 4.69) is 25.6 Å². The van der Waals surface area contributed by atoms with Crippen molar-refractivity contribution in [2.24, 2.45) is 0 Å². The molecule has 2 aromatic carbocycles. The highest BCUT2D eigenvalue weighted by Crippen LogP contribution is 2.20. The van der Waals surface area contributed by atoms with Crippen LogP contribution in [0.15, 0.2) is 76.4 Å². The molecule has 3 heterocycles. The van der Waals surface area contributed by atoms with E-state index in [4.69, 9.17) is 11.6 Å². The second-order valence-corrected chi connectivity index (χ2v) is 8.16. The summed E-state index contributed by atoms with van der Waals surface area (Å²) in [5.41, 5.74) is 1.69. The van der Waals surface area contributed by atoms with Gasteiger partial charge in [0.05, 0.1) is 12.2 Å². The SMILES string of the molecule is Cc1nnc2ccc(-c3ccc(NC(=O)c4c[nH]c(=O)n(Cc5ccccc5Cl)c4=O)cc3)nn12. The molecule has 0 saturated heterocycles. The first-order valence-corrected chi connectivity index (χ1v) is 11.0. The van der Waals surface area contributed by atoms with Crippen molar-refractivity contribution in [1.82, 2.24) is 29.4 Å². The van der Waals surface area contributed by atoms with Crippen LogP contribution in [0.1, 0.15) is 21.7 Å². The van der Waals surface area contributed by atoms with Gasteiger partial charge in [0, 0.05) is 22.5 Å². The fraction of sp³-hybridized carbons (Fsp3) is 0.0833. The van der Waals surface area contributed by atoms with Crippen molar-refractivity contribution in [3.05, 3.63) is 110 Å². The molecule has 5 aromatic rings. The number of carbonyl (C=O) groups is 1. The lowest BCUT2D eigenvalue weighted by Crippen LogP contribution is -2.39. The largest absolute Gasteiger partial charge is 0.328 e. The van der Waals surface area contributed by atoms with Gasteiger partial charge < -0.3 is 10.3 Å². The van der Waals surface area contributed by atoms with E-state index in [1.165, 1.54) is 0 Å². The number of halogens is 1. The number of hydrogen-bond acceptors (Lipinski definition) is 6. The van der Waals surface area contributed by atoms with Crippen molar-refractivity contribution in [3.8, 4) is 11.3 Å². The molecule has 11 heteroatoms. The smallest absolute Gasteiger partial charge is 0.322 e. The Morgan fingerprint density at radius 2 is 1.80 bits per heavy atom. The minimum atomic E-state index is -0.718. The summed E-state index contributed by atoms with van der Waals surface area (Å²) in [5, 5.41) is 15.7. The van der Waals surface area contributed by atoms with E-state index in [9.17, 15) is 14.4 Å². The summed E-state index contributed by atoms with van der Waals surface area (Å²) in [6.07, 6.45) is 1.11. The van der Waals surface area contributed by atoms with E-state index in [0.29, 0.717) is 33.4 Å². The zero-order chi connectivity index (χ0) is 24.5. The number of nitrogens with one attached hydrogen (secondary N) is 2. The predicted octanol–water partition coefficient (Wildman–Crippen LogP) is 2.90. The number of aromatic amines is 1. The molecule has 3 aromatic heterocycles. The van der Waals surface area contributed by atoms with Crippen LogP contribution in [0, 0.1) is 6.92 Å². The highest BCUT2D eigenvalue weighted by molar-refractivity contribution is 6.31. The lowest BCUT2D eigenvalue weighted by atomic mass is 10.1. The van der Waals surface area contributed by atoms with Gasteiger partial charge in [-0.25, -0.2) is 4.79 Å². The Morgan fingerprint density at radius 1 is 1.03 bits per heavy atom. The van der Waals surface area contributed by atoms with Crippen molar-refractivity contribution >= 4 is 28.8 Å². The van der Waals surface area contributed by atoms with Crippen molar-refractivity contribution in [1.29, 1.82) is 0 Å². The van der Waals surface area contributed by atoms with Crippen LogP contribution < -0.4 is 16.6 Å². The average molecular weight is 488 g/mol. The minimum Gasteiger partial charge on any atom is -0.322 e. The van der Waals surface area contributed by atoms with Gasteiger partial charge in [0.1, 0.15) is 5.56 Å². The Bertz CT molecular complexity index is 1690. The van der Waals surface area contributed by atoms with Gasteiger partial charge in [0.2, 0.25) is 0 Å². The maximum atomic E-state index is 12.9. The summed E-state index contributed by atoms with van der Waals surface area (Å²) in [7, 11) is 0. The fourth-order valence-electron chi connectivity index (χ4n) is 3.59. The van der Waals surface area contributed by atoms with Crippen molar-refractivity contribution in [3.63, 3.8) is 0 Å². The monoisotopic (exact) mass is 487 g/mol. The van der Waals surface area contributed by atoms with Crippen LogP contribution in [0.4, 0.5) is 5.69 Å². The van der Waals surface area contributed by atoms with Crippen LogP contribution in [0.2, 0.25) is 5.02 Å². The second kappa shape index (κ2) is 8.99. The zero-order valence-corrected chi connectivity index (χ0v) is 19.2. The molecule has 0 atom stereocenters. The molecule has 0 bridgehead atoms. The molecule has 0 fully saturated rings. The highest BCUT2D eigenvalue weighted by atomic mass is 35.5. The minimum absolute atomic E-state index is 0.0626. The third-order valence-corrected chi connectivity index (χ3v) is 5.82. The number of rotatable bonds is 5. The van der Waals surface area contributed by atoms with Gasteiger partial charge in [-0.05, 0) is 42.8 Å². The molecule has 2 N–H and O–H groups in total. The van der Waals surface area contributed by atoms with Gasteiger partial charge >= 0.3 is 5.69 Å². The molecule has 1 amide bonds. The van der Waals surface area contributed by atoms with Crippen LogP contribution in [-0.2, 0) is 6.54 Å². The standard InChI is InChI=1S/C24H18ClN7O3/c1-14-28-29-21-11-10-20(30-32(14)21)15-6-8-17(9-7-15)27-22(33)18-12-26-24(35)31(23(18)34)13-16-4-2-3-5-19(16)25/h2-12H,13H2,1H3,(H,26,35)(H,27,33). The third-order valence-electron chi connectivity index (χ3n) is 5.45. The first-order valence-electron chi connectivity index (χ1n) is 10.6. The molecular weight excluding hydrogens is 470 g/mol. The molecule has 0 radical (unpaired) electrons. The van der Waals surface area contributed by atoms with Crippen molar-refractivity contribution in [2.45, 2.75) is 13.5 Å². The molecular formula is C24H18ClN7O3. The summed E-state index contributed by atoms with van der Waals surface area (Å²) in [5.74, 6) is 0.0263. The van der Waals surface area contributed by atoms with E-state index >= 15 is 0 Å². The number of nitrogens with zero attached hydrogens (tertiary/aromatic N) is 5. The summed E-state index contributed by atoms with van der Waals surface area (Å²) >= 11 is 6.16. The number of aromatic nitrogens is 6. The second-order valence-electron chi connectivity index (χ2n) is 7.76. The molecule has 35 heavy (non-hydrogen) atoms. The van der Waals surface area contributed by atoms with E-state index < -0.39 is 17.2 Å². The molecule has 0 unspecified atom stereocenters. The van der Waals surface area contributed by atoms with Gasteiger partial charge in [-0.2, -0.15) is 9.61 Å². The van der Waals surface area contributed by atoms with E-state index in [-0.39, 0.29) is 12.1 Å². The Kier molecular flexibility index (Phi) is 5.71. The first-order chi connectivity index (χ1) is 16.9. The number of benzene rings is 2. The molecule has 0 aliphatic rings. The highest BCUT2D eigenvalue weighted by Gasteiger charge is 2.16. The Morgan fingerprint density at radius 3 is 2.57 bits per heavy atom. The number of H-pyrrole nitrogens is 1. The lowest BCUT2D eigenvalue weighted by molar-refractivity contribution is 0.102. The lowest BCUT2D eigenvalue weighted by Gasteiger charge is -2.10. The first kappa shape index (κ1) is 22.2. The maximum Gasteiger partial charge on any atom is 0.328 e. The van der Waals surface area contributed by atoms with Crippen LogP contribution in [0.3, 0.4) is 0 Å². The number of carbonyl (C=O) groups excluding carboxylic acids is 1. The number of anilines is 1. The average Bonchev–Trinajstić information content (AvgIpc) is 3.23. The molecule has 10 nitrogen and oxygen atoms in total. The number of amides is 1. The number of aryl methyl sites for hydroxylation is 1. The van der Waals surface area contributed by atoms with Gasteiger partial charge in [-0.15, -0.1) is 10.2 Å². The topological polar surface area (TPSA) is 127 Å². The maximum absolute atomic E-state index is 12.9. The molecule has 0 aliphatic heterocycles.